The van der Waals surface area contributed by atoms with E-state index in [1.807, 2.05) is 49.6 Å². The van der Waals surface area contributed by atoms with Gasteiger partial charge in [-0.05, 0) is 66.1 Å². The normalized spacial score (nSPS) is 10.9. The zero-order valence-corrected chi connectivity index (χ0v) is 16.4. The molecule has 0 spiro atoms. The Hall–Kier alpha value is -3.47. The number of fused-ring (bicyclic) bond motifs is 1. The van der Waals surface area contributed by atoms with E-state index in [9.17, 15) is 0 Å². The zero-order chi connectivity index (χ0) is 19.7. The molecule has 4 aromatic rings. The molecule has 4 rings (SSSR count). The lowest BCUT2D eigenvalue weighted by Gasteiger charge is -2.11. The van der Waals surface area contributed by atoms with Crippen molar-refractivity contribution in [3.05, 3.63) is 66.5 Å². The first kappa shape index (κ1) is 17.9. The van der Waals surface area contributed by atoms with Crippen LogP contribution in [0.2, 0.25) is 0 Å². The van der Waals surface area contributed by atoms with E-state index in [4.69, 9.17) is 14.2 Å². The summed E-state index contributed by atoms with van der Waals surface area (Å²) in [5.41, 5.74) is 6.18. The molecule has 0 aliphatic rings. The minimum absolute atomic E-state index is 0.758. The first-order valence-corrected chi connectivity index (χ1v) is 8.98. The van der Waals surface area contributed by atoms with Gasteiger partial charge in [0.25, 0.3) is 0 Å². The molecule has 0 aliphatic carbocycles. The van der Waals surface area contributed by atoms with E-state index in [0.717, 1.165) is 50.7 Å². The van der Waals surface area contributed by atoms with Gasteiger partial charge in [-0.15, -0.1) is 0 Å². The van der Waals surface area contributed by atoms with Gasteiger partial charge in [-0.3, -0.25) is 4.57 Å². The summed E-state index contributed by atoms with van der Waals surface area (Å²) in [7, 11) is 5.00. The molecule has 5 heteroatoms. The van der Waals surface area contributed by atoms with Crippen molar-refractivity contribution in [1.29, 1.82) is 0 Å². The minimum atomic E-state index is 0.758. The Morgan fingerprint density at radius 3 is 2.14 bits per heavy atom. The van der Waals surface area contributed by atoms with Gasteiger partial charge in [-0.2, -0.15) is 0 Å². The molecule has 0 N–H and O–H groups in total. The third-order valence-corrected chi connectivity index (χ3v) is 4.89. The lowest BCUT2D eigenvalue weighted by molar-refractivity contribution is 0.394. The van der Waals surface area contributed by atoms with Crippen LogP contribution in [-0.2, 0) is 0 Å². The topological polar surface area (TPSA) is 45.5 Å². The molecule has 0 fully saturated rings. The molecule has 0 radical (unpaired) electrons. The van der Waals surface area contributed by atoms with Gasteiger partial charge in [-0.25, -0.2) is 4.98 Å². The van der Waals surface area contributed by atoms with Gasteiger partial charge in [0.2, 0.25) is 0 Å². The van der Waals surface area contributed by atoms with E-state index in [0.29, 0.717) is 0 Å². The van der Waals surface area contributed by atoms with E-state index in [-0.39, 0.29) is 0 Å². The third kappa shape index (κ3) is 3.16. The van der Waals surface area contributed by atoms with E-state index >= 15 is 0 Å². The van der Waals surface area contributed by atoms with Crippen LogP contribution in [0.15, 0.2) is 60.9 Å². The molecule has 0 amide bonds. The van der Waals surface area contributed by atoms with Gasteiger partial charge in [0.1, 0.15) is 23.6 Å². The molecule has 1 aromatic heterocycles. The molecule has 0 bridgehead atoms. The van der Waals surface area contributed by atoms with Crippen LogP contribution in [-0.4, -0.2) is 30.9 Å². The largest absolute Gasteiger partial charge is 0.497 e. The number of benzene rings is 3. The van der Waals surface area contributed by atoms with Crippen LogP contribution in [0, 0.1) is 6.92 Å². The van der Waals surface area contributed by atoms with Gasteiger partial charge >= 0.3 is 0 Å². The highest BCUT2D eigenvalue weighted by Gasteiger charge is 2.10. The molecule has 142 valence electrons. The number of hydrogen-bond donors (Lipinski definition) is 0. The molecule has 28 heavy (non-hydrogen) atoms. The number of hydrogen-bond acceptors (Lipinski definition) is 4. The summed E-state index contributed by atoms with van der Waals surface area (Å²) in [6, 6.07) is 18.2. The molecular formula is C23H22N2O3. The van der Waals surface area contributed by atoms with Gasteiger partial charge in [-0.1, -0.05) is 6.07 Å². The molecule has 5 nitrogen and oxygen atoms in total. The summed E-state index contributed by atoms with van der Waals surface area (Å²) in [4.78, 5) is 4.55. The quantitative estimate of drug-likeness (QED) is 0.492. The lowest BCUT2D eigenvalue weighted by atomic mass is 10.0. The highest BCUT2D eigenvalue weighted by Crippen LogP contribution is 2.32. The predicted octanol–water partition coefficient (Wildman–Crippen LogP) is 5.03. The van der Waals surface area contributed by atoms with Gasteiger partial charge < -0.3 is 14.2 Å². The molecule has 0 atom stereocenters. The SMILES string of the molecule is COc1cc(OC)cc(-c2ccc3ncn(-c4ccc(OC)c(C)c4)c3c2)c1. The molecule has 0 unspecified atom stereocenters. The maximum Gasteiger partial charge on any atom is 0.123 e. The Kier molecular flexibility index (Phi) is 4.65. The molecule has 1 heterocycles. The average molecular weight is 374 g/mol. The minimum Gasteiger partial charge on any atom is -0.497 e. The van der Waals surface area contributed by atoms with Crippen molar-refractivity contribution in [2.45, 2.75) is 6.92 Å². The Bertz CT molecular complexity index is 1130. The Morgan fingerprint density at radius 2 is 1.50 bits per heavy atom. The maximum absolute atomic E-state index is 5.41. The summed E-state index contributed by atoms with van der Waals surface area (Å²) < 4.78 is 18.3. The first-order chi connectivity index (χ1) is 13.6. The van der Waals surface area contributed by atoms with Crippen LogP contribution in [0.25, 0.3) is 27.8 Å². The number of aryl methyl sites for hydroxylation is 1. The number of nitrogens with zero attached hydrogens (tertiary/aromatic N) is 2. The van der Waals surface area contributed by atoms with E-state index in [1.54, 1.807) is 21.3 Å². The third-order valence-electron chi connectivity index (χ3n) is 4.89. The van der Waals surface area contributed by atoms with Crippen LogP contribution >= 0.6 is 0 Å². The molecule has 0 saturated carbocycles. The number of ether oxygens (including phenoxy) is 3. The summed E-state index contributed by atoms with van der Waals surface area (Å²) in [6.07, 6.45) is 1.85. The van der Waals surface area contributed by atoms with Crippen LogP contribution in [0.3, 0.4) is 0 Å². The second-order valence-corrected chi connectivity index (χ2v) is 6.57. The van der Waals surface area contributed by atoms with Gasteiger partial charge in [0, 0.05) is 11.8 Å². The van der Waals surface area contributed by atoms with Crippen molar-refractivity contribution in [2.75, 3.05) is 21.3 Å². The summed E-state index contributed by atoms with van der Waals surface area (Å²) in [6.45, 7) is 2.04. The fourth-order valence-corrected chi connectivity index (χ4v) is 3.38. The Labute approximate surface area is 164 Å². The second kappa shape index (κ2) is 7.27. The fraction of sp³-hybridized carbons (Fsp3) is 0.174. The lowest BCUT2D eigenvalue weighted by Crippen LogP contribution is -1.95. The van der Waals surface area contributed by atoms with Crippen LogP contribution < -0.4 is 14.2 Å². The Balaban J connectivity index is 1.84. The molecule has 3 aromatic carbocycles. The van der Waals surface area contributed by atoms with E-state index < -0.39 is 0 Å². The van der Waals surface area contributed by atoms with Crippen molar-refractivity contribution >= 4 is 11.0 Å². The van der Waals surface area contributed by atoms with Gasteiger partial charge in [0.05, 0.1) is 32.4 Å². The first-order valence-electron chi connectivity index (χ1n) is 8.98. The highest BCUT2D eigenvalue weighted by atomic mass is 16.5. The zero-order valence-electron chi connectivity index (χ0n) is 16.4. The highest BCUT2D eigenvalue weighted by molar-refractivity contribution is 5.84. The average Bonchev–Trinajstić information content (AvgIpc) is 3.16. The number of aromatic nitrogens is 2. The number of imidazole rings is 1. The summed E-state index contributed by atoms with van der Waals surface area (Å²) in [5.74, 6) is 2.39. The fourth-order valence-electron chi connectivity index (χ4n) is 3.38. The molecular weight excluding hydrogens is 352 g/mol. The van der Waals surface area contributed by atoms with Crippen molar-refractivity contribution < 1.29 is 14.2 Å². The van der Waals surface area contributed by atoms with E-state index in [2.05, 4.69) is 27.8 Å². The van der Waals surface area contributed by atoms with E-state index in [1.165, 1.54) is 0 Å². The van der Waals surface area contributed by atoms with Crippen molar-refractivity contribution in [3.63, 3.8) is 0 Å². The summed E-state index contributed by atoms with van der Waals surface area (Å²) >= 11 is 0. The molecule has 0 saturated heterocycles. The maximum atomic E-state index is 5.41. The predicted molar refractivity (Wildman–Crippen MR) is 111 cm³/mol. The smallest absolute Gasteiger partial charge is 0.123 e. The number of rotatable bonds is 5. The van der Waals surface area contributed by atoms with Crippen molar-refractivity contribution in [2.24, 2.45) is 0 Å². The van der Waals surface area contributed by atoms with Crippen molar-refractivity contribution in [1.82, 2.24) is 9.55 Å². The van der Waals surface area contributed by atoms with Crippen LogP contribution in [0.1, 0.15) is 5.56 Å². The van der Waals surface area contributed by atoms with Crippen LogP contribution in [0.4, 0.5) is 0 Å². The monoisotopic (exact) mass is 374 g/mol. The van der Waals surface area contributed by atoms with Gasteiger partial charge in [0.15, 0.2) is 0 Å². The van der Waals surface area contributed by atoms with Crippen molar-refractivity contribution in [3.8, 4) is 34.1 Å². The Morgan fingerprint density at radius 1 is 0.750 bits per heavy atom. The summed E-state index contributed by atoms with van der Waals surface area (Å²) in [5, 5.41) is 0. The standard InChI is InChI=1S/C23H22N2O3/c1-15-9-18(6-8-23(15)28-4)25-14-24-21-7-5-16(12-22(21)25)17-10-19(26-2)13-20(11-17)27-3/h5-14H,1-4H3. The number of methoxy groups -OCH3 is 3. The van der Waals surface area contributed by atoms with Crippen LogP contribution in [0.5, 0.6) is 17.2 Å². The second-order valence-electron chi connectivity index (χ2n) is 6.57. The molecule has 0 aliphatic heterocycles.